The van der Waals surface area contributed by atoms with Crippen molar-refractivity contribution >= 4 is 17.3 Å². The Hall–Kier alpha value is -2.27. The smallest absolute Gasteiger partial charge is 0.165 e. The van der Waals surface area contributed by atoms with Crippen LogP contribution >= 0.6 is 0 Å². The van der Waals surface area contributed by atoms with Gasteiger partial charge in [0.1, 0.15) is 5.82 Å². The second-order valence-electron chi connectivity index (χ2n) is 3.47. The fraction of sp³-hybridized carbons (Fsp3) is 0.0833. The highest BCUT2D eigenvalue weighted by atomic mass is 15.3. The summed E-state index contributed by atoms with van der Waals surface area (Å²) in [7, 11) is 0. The van der Waals surface area contributed by atoms with E-state index in [0.29, 0.717) is 23.7 Å². The predicted molar refractivity (Wildman–Crippen MR) is 73.1 cm³/mol. The summed E-state index contributed by atoms with van der Waals surface area (Å²) in [6, 6.07) is 1.72. The molecular weight excluding hydrogens is 214 g/mol. The molecule has 1 aromatic heterocycles. The molecule has 0 radical (unpaired) electrons. The number of nitrogens with two attached hydrogens (primary N) is 3. The van der Waals surface area contributed by atoms with Gasteiger partial charge in [0.2, 0.25) is 0 Å². The molecule has 0 saturated carbocycles. The lowest BCUT2D eigenvalue weighted by Gasteiger charge is -2.11. The van der Waals surface area contributed by atoms with Crippen LogP contribution in [0.5, 0.6) is 0 Å². The number of nitrogens with one attached hydrogen (secondary N) is 1. The normalized spacial score (nSPS) is 11.0. The number of allylic oxidation sites excluding steroid dienone is 4. The Kier molecular flexibility index (Phi) is 4.30. The molecule has 0 saturated heterocycles. The van der Waals surface area contributed by atoms with Crippen molar-refractivity contribution in [3.8, 4) is 0 Å². The number of nitrogen functional groups attached to an aromatic ring is 3. The van der Waals surface area contributed by atoms with E-state index in [1.807, 2.05) is 6.08 Å². The number of anilines is 3. The van der Waals surface area contributed by atoms with Gasteiger partial charge in [0.25, 0.3) is 0 Å². The van der Waals surface area contributed by atoms with Crippen LogP contribution in [-0.4, -0.2) is 4.98 Å². The highest BCUT2D eigenvalue weighted by Gasteiger charge is 2.08. The standard InChI is InChI=1S/C12H17N5/c1-3-5-8(4-2)6-9-7-10(13)16-12(17-15)11(9)14/h3-5,7H,1-2,6,14-15H2,(H3,13,16,17)/b8-5+. The Bertz CT molecular complexity index is 462. The van der Waals surface area contributed by atoms with Crippen molar-refractivity contribution < 1.29 is 0 Å². The molecule has 0 unspecified atom stereocenters. The van der Waals surface area contributed by atoms with Crippen LogP contribution in [0.15, 0.2) is 43.0 Å². The van der Waals surface area contributed by atoms with Crippen molar-refractivity contribution in [2.24, 2.45) is 5.84 Å². The van der Waals surface area contributed by atoms with E-state index in [-0.39, 0.29) is 0 Å². The van der Waals surface area contributed by atoms with Crippen molar-refractivity contribution in [3.63, 3.8) is 0 Å². The minimum absolute atomic E-state index is 0.365. The molecule has 5 heteroatoms. The third-order valence-corrected chi connectivity index (χ3v) is 2.29. The van der Waals surface area contributed by atoms with E-state index in [1.54, 1.807) is 18.2 Å². The highest BCUT2D eigenvalue weighted by Crippen LogP contribution is 2.24. The van der Waals surface area contributed by atoms with E-state index in [9.17, 15) is 0 Å². The second-order valence-corrected chi connectivity index (χ2v) is 3.47. The van der Waals surface area contributed by atoms with Gasteiger partial charge in [0.15, 0.2) is 5.82 Å². The summed E-state index contributed by atoms with van der Waals surface area (Å²) < 4.78 is 0. The van der Waals surface area contributed by atoms with E-state index >= 15 is 0 Å². The molecule has 0 atom stereocenters. The molecule has 0 spiro atoms. The maximum atomic E-state index is 5.91. The molecule has 7 N–H and O–H groups in total. The summed E-state index contributed by atoms with van der Waals surface area (Å²) in [6.45, 7) is 7.37. The van der Waals surface area contributed by atoms with Crippen LogP contribution in [0.4, 0.5) is 17.3 Å². The number of hydrazine groups is 1. The second kappa shape index (κ2) is 5.72. The molecule has 1 rings (SSSR count). The molecule has 0 amide bonds. The van der Waals surface area contributed by atoms with E-state index in [0.717, 1.165) is 11.1 Å². The molecule has 17 heavy (non-hydrogen) atoms. The van der Waals surface area contributed by atoms with Crippen LogP contribution < -0.4 is 22.7 Å². The van der Waals surface area contributed by atoms with Gasteiger partial charge < -0.3 is 16.9 Å². The minimum Gasteiger partial charge on any atom is -0.395 e. The number of rotatable bonds is 5. The first-order valence-corrected chi connectivity index (χ1v) is 5.07. The Morgan fingerprint density at radius 1 is 1.41 bits per heavy atom. The Labute approximate surface area is 101 Å². The summed E-state index contributed by atoms with van der Waals surface area (Å²) in [5, 5.41) is 0. The molecular formula is C12H17N5. The van der Waals surface area contributed by atoms with E-state index in [4.69, 9.17) is 17.3 Å². The van der Waals surface area contributed by atoms with Crippen molar-refractivity contribution in [2.45, 2.75) is 6.42 Å². The quantitative estimate of drug-likeness (QED) is 0.348. The van der Waals surface area contributed by atoms with Crippen LogP contribution in [0.25, 0.3) is 0 Å². The van der Waals surface area contributed by atoms with Gasteiger partial charge in [-0.2, -0.15) is 0 Å². The zero-order valence-corrected chi connectivity index (χ0v) is 9.61. The molecule has 90 valence electrons. The van der Waals surface area contributed by atoms with Gasteiger partial charge in [-0.1, -0.05) is 31.4 Å². The van der Waals surface area contributed by atoms with Crippen molar-refractivity contribution in [1.82, 2.24) is 4.98 Å². The van der Waals surface area contributed by atoms with Gasteiger partial charge in [0, 0.05) is 0 Å². The lowest BCUT2D eigenvalue weighted by atomic mass is 10.0. The Balaban J connectivity index is 3.13. The van der Waals surface area contributed by atoms with Gasteiger partial charge >= 0.3 is 0 Å². The maximum Gasteiger partial charge on any atom is 0.165 e. The molecule has 0 aliphatic heterocycles. The third kappa shape index (κ3) is 3.09. The number of aromatic nitrogens is 1. The summed E-state index contributed by atoms with van der Waals surface area (Å²) >= 11 is 0. The number of hydrogen-bond donors (Lipinski definition) is 4. The molecule has 0 aromatic carbocycles. The van der Waals surface area contributed by atoms with Crippen LogP contribution in [0, 0.1) is 0 Å². The summed E-state index contributed by atoms with van der Waals surface area (Å²) in [5.74, 6) is 6.05. The zero-order valence-electron chi connectivity index (χ0n) is 9.61. The molecule has 0 bridgehead atoms. The third-order valence-electron chi connectivity index (χ3n) is 2.29. The van der Waals surface area contributed by atoms with Crippen molar-refractivity contribution in [1.29, 1.82) is 0 Å². The fourth-order valence-corrected chi connectivity index (χ4v) is 1.46. The maximum absolute atomic E-state index is 5.91. The zero-order chi connectivity index (χ0) is 12.8. The van der Waals surface area contributed by atoms with Gasteiger partial charge in [0.05, 0.1) is 5.69 Å². The largest absolute Gasteiger partial charge is 0.395 e. The summed E-state index contributed by atoms with van der Waals surface area (Å²) in [5.41, 5.74) is 16.3. The van der Waals surface area contributed by atoms with Gasteiger partial charge in [-0.05, 0) is 23.6 Å². The SMILES string of the molecule is C=C/C=C(\C=C)Cc1cc(N)nc(NN)c1N. The van der Waals surface area contributed by atoms with Crippen molar-refractivity contribution in [2.75, 3.05) is 16.9 Å². The number of pyridine rings is 1. The van der Waals surface area contributed by atoms with Gasteiger partial charge in [-0.25, -0.2) is 10.8 Å². The van der Waals surface area contributed by atoms with Crippen molar-refractivity contribution in [3.05, 3.63) is 48.6 Å². The molecule has 0 aliphatic rings. The monoisotopic (exact) mass is 231 g/mol. The van der Waals surface area contributed by atoms with Crippen LogP contribution in [-0.2, 0) is 6.42 Å². The first kappa shape index (κ1) is 12.8. The molecule has 0 aliphatic carbocycles. The Morgan fingerprint density at radius 3 is 2.65 bits per heavy atom. The van der Waals surface area contributed by atoms with Crippen LogP contribution in [0.2, 0.25) is 0 Å². The van der Waals surface area contributed by atoms with Gasteiger partial charge in [-0.3, -0.25) is 0 Å². The topological polar surface area (TPSA) is 103 Å². The first-order chi connectivity index (χ1) is 8.12. The summed E-state index contributed by atoms with van der Waals surface area (Å²) in [6.07, 6.45) is 5.90. The minimum atomic E-state index is 0.365. The average molecular weight is 231 g/mol. The lowest BCUT2D eigenvalue weighted by molar-refractivity contribution is 1.16. The number of nitrogens with zero attached hydrogens (tertiary/aromatic N) is 1. The molecule has 5 nitrogen and oxygen atoms in total. The highest BCUT2D eigenvalue weighted by molar-refractivity contribution is 5.69. The average Bonchev–Trinajstić information content (AvgIpc) is 2.32. The van der Waals surface area contributed by atoms with E-state index in [2.05, 4.69) is 23.6 Å². The van der Waals surface area contributed by atoms with Gasteiger partial charge in [-0.15, -0.1) is 0 Å². The van der Waals surface area contributed by atoms with E-state index < -0.39 is 0 Å². The van der Waals surface area contributed by atoms with Crippen LogP contribution in [0.3, 0.4) is 0 Å². The Morgan fingerprint density at radius 2 is 2.12 bits per heavy atom. The number of hydrogen-bond acceptors (Lipinski definition) is 5. The van der Waals surface area contributed by atoms with Crippen LogP contribution in [0.1, 0.15) is 5.56 Å². The summed E-state index contributed by atoms with van der Waals surface area (Å²) in [4.78, 5) is 3.98. The molecule has 0 fully saturated rings. The van der Waals surface area contributed by atoms with E-state index in [1.165, 1.54) is 0 Å². The molecule has 1 aromatic rings. The lowest BCUT2D eigenvalue weighted by Crippen LogP contribution is -2.13. The first-order valence-electron chi connectivity index (χ1n) is 5.07. The fourth-order valence-electron chi connectivity index (χ4n) is 1.46. The molecule has 1 heterocycles. The predicted octanol–water partition coefficient (Wildman–Crippen LogP) is 1.37.